The van der Waals surface area contributed by atoms with Crippen molar-refractivity contribution in [3.05, 3.63) is 39.6 Å². The molecule has 0 radical (unpaired) electrons. The lowest BCUT2D eigenvalue weighted by Crippen LogP contribution is -2.95. The van der Waals surface area contributed by atoms with Gasteiger partial charge in [0.05, 0.1) is 0 Å². The van der Waals surface area contributed by atoms with Gasteiger partial charge in [-0.25, -0.2) is 0 Å². The zero-order valence-corrected chi connectivity index (χ0v) is 7.26. The minimum Gasteiger partial charge on any atom is -0.624 e. The lowest BCUT2D eigenvalue weighted by molar-refractivity contribution is -0.710. The first-order valence-corrected chi connectivity index (χ1v) is 4.08. The van der Waals surface area contributed by atoms with Crippen LogP contribution in [0.15, 0.2) is 28.9 Å². The van der Waals surface area contributed by atoms with E-state index >= 15 is 0 Å². The van der Waals surface area contributed by atoms with Crippen LogP contribution in [0, 0.1) is 5.21 Å². The Balaban J connectivity index is 2.58. The molecule has 1 unspecified atom stereocenters. The quantitative estimate of drug-likeness (QED) is 0.647. The smallest absolute Gasteiger partial charge is 0.143 e. The van der Waals surface area contributed by atoms with Crippen molar-refractivity contribution in [3.63, 3.8) is 0 Å². The normalized spacial score (nSPS) is 20.4. The molecule has 1 aromatic carbocycles. The number of benzene rings is 1. The molecule has 1 N–H and O–H groups in total. The number of fused-ring (bicyclic) bond motifs is 1. The summed E-state index contributed by atoms with van der Waals surface area (Å²) in [5.41, 5.74) is 1.80. The zero-order valence-electron chi connectivity index (χ0n) is 5.67. The largest absolute Gasteiger partial charge is 0.624 e. The van der Waals surface area contributed by atoms with E-state index < -0.39 is 0 Å². The first-order valence-electron chi connectivity index (χ1n) is 3.29. The van der Waals surface area contributed by atoms with E-state index in [-0.39, 0.29) is 5.06 Å². The molecule has 0 amide bonds. The number of rotatable bonds is 0. The van der Waals surface area contributed by atoms with Gasteiger partial charge in [-0.05, 0) is 12.1 Å². The van der Waals surface area contributed by atoms with Crippen molar-refractivity contribution in [2.45, 2.75) is 0 Å². The summed E-state index contributed by atoms with van der Waals surface area (Å²) in [6, 6.07) is 5.65. The van der Waals surface area contributed by atoms with Crippen LogP contribution in [0.2, 0.25) is 0 Å². The molecule has 2 nitrogen and oxygen atoms in total. The number of halogens is 1. The average Bonchev–Trinajstić information content (AvgIpc) is 2.32. The minimum absolute atomic E-state index is 0.104. The molecule has 0 fully saturated rings. The van der Waals surface area contributed by atoms with Crippen molar-refractivity contribution < 1.29 is 5.06 Å². The van der Waals surface area contributed by atoms with Crippen LogP contribution in [-0.4, -0.2) is 0 Å². The molecule has 1 aromatic rings. The molecular weight excluding hydrogens is 206 g/mol. The third-order valence-corrected chi connectivity index (χ3v) is 2.19. The number of hydroxylamine groups is 1. The first-order chi connectivity index (χ1) is 5.27. The fourth-order valence-electron chi connectivity index (χ4n) is 1.15. The van der Waals surface area contributed by atoms with Crippen LogP contribution >= 0.6 is 15.9 Å². The van der Waals surface area contributed by atoms with Gasteiger partial charge in [0.1, 0.15) is 11.9 Å². The molecule has 1 aliphatic rings. The highest BCUT2D eigenvalue weighted by Gasteiger charge is 2.11. The van der Waals surface area contributed by atoms with E-state index in [2.05, 4.69) is 15.9 Å². The summed E-state index contributed by atoms with van der Waals surface area (Å²) in [6.45, 7) is 0. The minimum atomic E-state index is 0.104. The Kier molecular flexibility index (Phi) is 1.56. The van der Waals surface area contributed by atoms with Gasteiger partial charge in [0.2, 0.25) is 0 Å². The topological polar surface area (TPSA) is 27.5 Å². The second kappa shape index (κ2) is 2.44. The van der Waals surface area contributed by atoms with Crippen LogP contribution in [-0.2, 0) is 0 Å². The van der Waals surface area contributed by atoms with Gasteiger partial charge in [-0.15, -0.1) is 0 Å². The maximum absolute atomic E-state index is 11.1. The van der Waals surface area contributed by atoms with Crippen molar-refractivity contribution in [2.24, 2.45) is 0 Å². The lowest BCUT2D eigenvalue weighted by Gasteiger charge is -2.12. The summed E-state index contributed by atoms with van der Waals surface area (Å²) in [7, 11) is 0. The molecule has 0 bridgehead atoms. The Morgan fingerprint density at radius 1 is 1.36 bits per heavy atom. The Labute approximate surface area is 72.8 Å². The van der Waals surface area contributed by atoms with Crippen molar-refractivity contribution in [1.82, 2.24) is 0 Å². The lowest BCUT2D eigenvalue weighted by atomic mass is 10.2. The Bertz CT molecular complexity index is 322. The van der Waals surface area contributed by atoms with Crippen LogP contribution in [0.3, 0.4) is 0 Å². The highest BCUT2D eigenvalue weighted by Crippen LogP contribution is 2.21. The second-order valence-electron chi connectivity index (χ2n) is 2.43. The molecule has 0 saturated carbocycles. The number of hydrogen-bond donors (Lipinski definition) is 1. The molecule has 1 heterocycles. The molecule has 0 aromatic heterocycles. The molecule has 11 heavy (non-hydrogen) atoms. The van der Waals surface area contributed by atoms with E-state index in [1.807, 2.05) is 24.3 Å². The summed E-state index contributed by atoms with van der Waals surface area (Å²) in [5, 5.41) is 11.2. The van der Waals surface area contributed by atoms with Crippen molar-refractivity contribution >= 4 is 27.7 Å². The molecule has 2 rings (SSSR count). The molecule has 56 valence electrons. The summed E-state index contributed by atoms with van der Waals surface area (Å²) < 4.78 is 1.01. The van der Waals surface area contributed by atoms with Gasteiger partial charge in [-0.2, -0.15) is 0 Å². The molecule has 3 heteroatoms. The Morgan fingerprint density at radius 3 is 3.00 bits per heavy atom. The van der Waals surface area contributed by atoms with Crippen LogP contribution in [0.1, 0.15) is 5.56 Å². The van der Waals surface area contributed by atoms with Gasteiger partial charge in [0.15, 0.2) is 0 Å². The maximum atomic E-state index is 11.1. The summed E-state index contributed by atoms with van der Waals surface area (Å²) in [4.78, 5) is 0. The highest BCUT2D eigenvalue weighted by molar-refractivity contribution is 9.10. The predicted octanol–water partition coefficient (Wildman–Crippen LogP) is 1.45. The average molecular weight is 212 g/mol. The van der Waals surface area contributed by atoms with E-state index in [0.29, 0.717) is 0 Å². The van der Waals surface area contributed by atoms with E-state index in [9.17, 15) is 5.21 Å². The first kappa shape index (κ1) is 7.03. The van der Waals surface area contributed by atoms with Crippen LogP contribution < -0.4 is 5.06 Å². The SMILES string of the molecule is [O-][NH+]1C=Cc2cc(Br)ccc21. The van der Waals surface area contributed by atoms with E-state index in [4.69, 9.17) is 0 Å². The summed E-state index contributed by atoms with van der Waals surface area (Å²) in [6.07, 6.45) is 3.43. The van der Waals surface area contributed by atoms with Crippen LogP contribution in [0.25, 0.3) is 6.08 Å². The third kappa shape index (κ3) is 1.11. The molecule has 0 spiro atoms. The van der Waals surface area contributed by atoms with E-state index in [0.717, 1.165) is 15.7 Å². The second-order valence-corrected chi connectivity index (χ2v) is 3.34. The fraction of sp³-hybridized carbons (Fsp3) is 0. The summed E-state index contributed by atoms with van der Waals surface area (Å²) >= 11 is 3.34. The number of nitrogens with one attached hydrogen (secondary N) is 1. The monoisotopic (exact) mass is 211 g/mol. The van der Waals surface area contributed by atoms with E-state index in [1.165, 1.54) is 0 Å². The van der Waals surface area contributed by atoms with Gasteiger partial charge in [0, 0.05) is 22.2 Å². The van der Waals surface area contributed by atoms with Crippen molar-refractivity contribution in [3.8, 4) is 0 Å². The van der Waals surface area contributed by atoms with Crippen molar-refractivity contribution in [2.75, 3.05) is 0 Å². The van der Waals surface area contributed by atoms with Gasteiger partial charge in [-0.3, -0.25) is 0 Å². The number of hydrogen-bond acceptors (Lipinski definition) is 1. The van der Waals surface area contributed by atoms with Crippen LogP contribution in [0.4, 0.5) is 5.69 Å². The standard InChI is InChI=1S/C8H6BrNO/c9-7-1-2-8-6(5-7)3-4-10(8)11/h1-5,10H. The molecule has 1 atom stereocenters. The van der Waals surface area contributed by atoms with Gasteiger partial charge in [-0.1, -0.05) is 15.9 Å². The number of quaternary nitrogens is 1. The summed E-state index contributed by atoms with van der Waals surface area (Å²) in [5.74, 6) is 0. The molecule has 0 saturated heterocycles. The highest BCUT2D eigenvalue weighted by atomic mass is 79.9. The van der Waals surface area contributed by atoms with Gasteiger partial charge >= 0.3 is 0 Å². The maximum Gasteiger partial charge on any atom is 0.143 e. The Morgan fingerprint density at radius 2 is 2.18 bits per heavy atom. The van der Waals surface area contributed by atoms with Crippen LogP contribution in [0.5, 0.6) is 0 Å². The third-order valence-electron chi connectivity index (χ3n) is 1.69. The van der Waals surface area contributed by atoms with Crippen molar-refractivity contribution in [1.29, 1.82) is 0 Å². The van der Waals surface area contributed by atoms with Gasteiger partial charge in [0.25, 0.3) is 0 Å². The molecular formula is C8H6BrNO. The molecule has 1 aliphatic heterocycles. The fourth-order valence-corrected chi connectivity index (χ4v) is 1.53. The van der Waals surface area contributed by atoms with Gasteiger partial charge < -0.3 is 10.3 Å². The zero-order chi connectivity index (χ0) is 7.84. The predicted molar refractivity (Wildman–Crippen MR) is 47.2 cm³/mol. The molecule has 0 aliphatic carbocycles. The Hall–Kier alpha value is -0.640. The van der Waals surface area contributed by atoms with E-state index in [1.54, 1.807) is 6.20 Å².